The van der Waals surface area contributed by atoms with E-state index in [0.717, 1.165) is 45.4 Å². The van der Waals surface area contributed by atoms with Crippen molar-refractivity contribution in [2.75, 3.05) is 39.3 Å². The van der Waals surface area contributed by atoms with Crippen molar-refractivity contribution in [1.82, 2.24) is 14.7 Å². The van der Waals surface area contributed by atoms with Gasteiger partial charge >= 0.3 is 6.03 Å². The zero-order valence-electron chi connectivity index (χ0n) is 12.2. The van der Waals surface area contributed by atoms with Crippen molar-refractivity contribution in [2.24, 2.45) is 10.9 Å². The van der Waals surface area contributed by atoms with Gasteiger partial charge in [0, 0.05) is 39.3 Å². The van der Waals surface area contributed by atoms with E-state index in [1.165, 1.54) is 0 Å². The minimum atomic E-state index is -0.0379. The molecule has 0 aromatic carbocycles. The lowest BCUT2D eigenvalue weighted by Gasteiger charge is -2.39. The normalized spacial score (nSPS) is 23.1. The molecule has 20 heavy (non-hydrogen) atoms. The standard InChI is InChI=1S/C13H25N5O2/c1-2-11(12(14)15-20)16-7-9-18(10-8-16)13(19)17-5-3-4-6-17/h11,20H,2-10H2,1H3,(H2,14,15). The third-order valence-corrected chi connectivity index (χ3v) is 4.25. The Morgan fingerprint density at radius 1 is 1.15 bits per heavy atom. The van der Waals surface area contributed by atoms with E-state index in [0.29, 0.717) is 13.1 Å². The highest BCUT2D eigenvalue weighted by Gasteiger charge is 2.30. The lowest BCUT2D eigenvalue weighted by atomic mass is 10.1. The molecule has 2 amide bonds. The number of amidine groups is 1. The molecule has 0 radical (unpaired) electrons. The first-order valence-electron chi connectivity index (χ1n) is 7.42. The molecule has 7 heteroatoms. The summed E-state index contributed by atoms with van der Waals surface area (Å²) in [6.07, 6.45) is 3.04. The number of nitrogens with zero attached hydrogens (tertiary/aromatic N) is 4. The predicted molar refractivity (Wildman–Crippen MR) is 76.8 cm³/mol. The summed E-state index contributed by atoms with van der Waals surface area (Å²) in [4.78, 5) is 18.3. The topological polar surface area (TPSA) is 85.4 Å². The molecule has 7 nitrogen and oxygen atoms in total. The second kappa shape index (κ2) is 6.78. The number of amides is 2. The highest BCUT2D eigenvalue weighted by Crippen LogP contribution is 2.14. The Bertz CT molecular complexity index is 360. The minimum Gasteiger partial charge on any atom is -0.409 e. The Morgan fingerprint density at radius 3 is 2.20 bits per heavy atom. The Balaban J connectivity index is 1.86. The molecular formula is C13H25N5O2. The van der Waals surface area contributed by atoms with Crippen LogP contribution in [-0.4, -0.2) is 77.1 Å². The van der Waals surface area contributed by atoms with Gasteiger partial charge in [-0.25, -0.2) is 4.79 Å². The van der Waals surface area contributed by atoms with Crippen LogP contribution in [-0.2, 0) is 0 Å². The van der Waals surface area contributed by atoms with Gasteiger partial charge in [-0.15, -0.1) is 0 Å². The van der Waals surface area contributed by atoms with E-state index < -0.39 is 0 Å². The van der Waals surface area contributed by atoms with Crippen LogP contribution in [0, 0.1) is 0 Å². The maximum Gasteiger partial charge on any atom is 0.320 e. The van der Waals surface area contributed by atoms with Crippen LogP contribution in [0.5, 0.6) is 0 Å². The van der Waals surface area contributed by atoms with Gasteiger partial charge < -0.3 is 20.7 Å². The van der Waals surface area contributed by atoms with Gasteiger partial charge in [-0.3, -0.25) is 4.90 Å². The van der Waals surface area contributed by atoms with Crippen molar-refractivity contribution in [1.29, 1.82) is 0 Å². The first-order chi connectivity index (χ1) is 9.67. The summed E-state index contributed by atoms with van der Waals surface area (Å²) in [6.45, 7) is 6.77. The smallest absolute Gasteiger partial charge is 0.320 e. The molecule has 1 unspecified atom stereocenters. The molecule has 114 valence electrons. The van der Waals surface area contributed by atoms with E-state index in [1.54, 1.807) is 0 Å². The van der Waals surface area contributed by atoms with Gasteiger partial charge in [0.15, 0.2) is 5.84 Å². The first-order valence-corrected chi connectivity index (χ1v) is 7.42. The second-order valence-electron chi connectivity index (χ2n) is 5.45. The first kappa shape index (κ1) is 14.9. The number of nitrogens with two attached hydrogens (primary N) is 1. The van der Waals surface area contributed by atoms with Gasteiger partial charge in [-0.1, -0.05) is 12.1 Å². The lowest BCUT2D eigenvalue weighted by Crippen LogP contribution is -2.56. The van der Waals surface area contributed by atoms with E-state index in [-0.39, 0.29) is 17.9 Å². The van der Waals surface area contributed by atoms with Crippen molar-refractivity contribution < 1.29 is 10.0 Å². The van der Waals surface area contributed by atoms with Crippen LogP contribution in [0.2, 0.25) is 0 Å². The molecule has 2 rings (SSSR count). The highest BCUT2D eigenvalue weighted by atomic mass is 16.4. The second-order valence-corrected chi connectivity index (χ2v) is 5.45. The molecule has 0 spiro atoms. The maximum atomic E-state index is 12.3. The number of carbonyl (C=O) groups excluding carboxylic acids is 1. The van der Waals surface area contributed by atoms with Crippen LogP contribution in [0.1, 0.15) is 26.2 Å². The maximum absolute atomic E-state index is 12.3. The van der Waals surface area contributed by atoms with Gasteiger partial charge in [0.05, 0.1) is 6.04 Å². The Morgan fingerprint density at radius 2 is 1.70 bits per heavy atom. The lowest BCUT2D eigenvalue weighted by molar-refractivity contribution is 0.107. The molecule has 0 aliphatic carbocycles. The van der Waals surface area contributed by atoms with Crippen LogP contribution < -0.4 is 5.73 Å². The SMILES string of the molecule is CCC(C(N)=NO)N1CCN(C(=O)N2CCCC2)CC1. The van der Waals surface area contributed by atoms with Gasteiger partial charge in [0.25, 0.3) is 0 Å². The van der Waals surface area contributed by atoms with Crippen LogP contribution in [0.15, 0.2) is 5.16 Å². The number of hydrogen-bond donors (Lipinski definition) is 2. The summed E-state index contributed by atoms with van der Waals surface area (Å²) in [7, 11) is 0. The van der Waals surface area contributed by atoms with Gasteiger partial charge in [0.1, 0.15) is 0 Å². The molecule has 2 fully saturated rings. The molecular weight excluding hydrogens is 258 g/mol. The fourth-order valence-corrected chi connectivity index (χ4v) is 3.05. The fourth-order valence-electron chi connectivity index (χ4n) is 3.05. The number of oxime groups is 1. The van der Waals surface area contributed by atoms with Crippen LogP contribution in [0.4, 0.5) is 4.79 Å². The molecule has 0 aromatic heterocycles. The summed E-state index contributed by atoms with van der Waals surface area (Å²) in [6, 6.07) is 0.128. The number of rotatable bonds is 3. The Hall–Kier alpha value is -1.50. The van der Waals surface area contributed by atoms with E-state index in [1.807, 2.05) is 16.7 Å². The van der Waals surface area contributed by atoms with Gasteiger partial charge in [-0.05, 0) is 19.3 Å². The quantitative estimate of drug-likeness (QED) is 0.339. The van der Waals surface area contributed by atoms with Crippen molar-refractivity contribution in [3.05, 3.63) is 0 Å². The molecule has 3 N–H and O–H groups in total. The molecule has 2 aliphatic rings. The number of hydrogen-bond acceptors (Lipinski definition) is 4. The monoisotopic (exact) mass is 283 g/mol. The molecule has 0 bridgehead atoms. The number of urea groups is 1. The summed E-state index contributed by atoms with van der Waals surface area (Å²) in [5.74, 6) is 0.256. The average molecular weight is 283 g/mol. The Kier molecular flexibility index (Phi) is 5.05. The predicted octanol–water partition coefficient (Wildman–Crippen LogP) is 0.345. The number of piperazine rings is 1. The van der Waals surface area contributed by atoms with Crippen LogP contribution in [0.3, 0.4) is 0 Å². The van der Waals surface area contributed by atoms with Crippen molar-refractivity contribution in [3.63, 3.8) is 0 Å². The van der Waals surface area contributed by atoms with E-state index in [2.05, 4.69) is 10.1 Å². The molecule has 0 aromatic rings. The molecule has 2 aliphatic heterocycles. The van der Waals surface area contributed by atoms with Crippen LogP contribution in [0.25, 0.3) is 0 Å². The summed E-state index contributed by atoms with van der Waals surface area (Å²) < 4.78 is 0. The van der Waals surface area contributed by atoms with E-state index >= 15 is 0 Å². The fraction of sp³-hybridized carbons (Fsp3) is 0.846. The van der Waals surface area contributed by atoms with Crippen molar-refractivity contribution in [3.8, 4) is 0 Å². The van der Waals surface area contributed by atoms with Crippen molar-refractivity contribution >= 4 is 11.9 Å². The third-order valence-electron chi connectivity index (χ3n) is 4.25. The highest BCUT2D eigenvalue weighted by molar-refractivity contribution is 5.85. The zero-order chi connectivity index (χ0) is 14.5. The minimum absolute atomic E-state index is 0.0379. The molecule has 0 saturated carbocycles. The average Bonchev–Trinajstić information content (AvgIpc) is 3.02. The summed E-state index contributed by atoms with van der Waals surface area (Å²) in [5.41, 5.74) is 5.72. The molecule has 1 atom stereocenters. The van der Waals surface area contributed by atoms with Crippen LogP contribution >= 0.6 is 0 Å². The Labute approximate surface area is 120 Å². The largest absolute Gasteiger partial charge is 0.409 e. The van der Waals surface area contributed by atoms with Gasteiger partial charge in [-0.2, -0.15) is 0 Å². The van der Waals surface area contributed by atoms with Gasteiger partial charge in [0.2, 0.25) is 0 Å². The number of carbonyl (C=O) groups is 1. The molecule has 2 saturated heterocycles. The van der Waals surface area contributed by atoms with E-state index in [4.69, 9.17) is 10.9 Å². The third kappa shape index (κ3) is 3.15. The number of likely N-dealkylation sites (tertiary alicyclic amines) is 1. The van der Waals surface area contributed by atoms with Crippen molar-refractivity contribution in [2.45, 2.75) is 32.2 Å². The zero-order valence-corrected chi connectivity index (χ0v) is 12.2. The molecule has 2 heterocycles. The summed E-state index contributed by atoms with van der Waals surface area (Å²) >= 11 is 0. The summed E-state index contributed by atoms with van der Waals surface area (Å²) in [5, 5.41) is 11.9. The van der Waals surface area contributed by atoms with E-state index in [9.17, 15) is 4.79 Å².